The molecule has 0 aromatic heterocycles. The second-order valence-electron chi connectivity index (χ2n) is 3.90. The summed E-state index contributed by atoms with van der Waals surface area (Å²) in [4.78, 5) is 12.8. The van der Waals surface area contributed by atoms with Crippen LogP contribution in [0.15, 0.2) is 0 Å². The molecule has 1 rings (SSSR count). The van der Waals surface area contributed by atoms with Crippen molar-refractivity contribution in [3.8, 4) is 0 Å². The Balaban J connectivity index is 1.98. The molecule has 1 unspecified atom stereocenters. The lowest BCUT2D eigenvalue weighted by Gasteiger charge is -2.26. The standard InChI is InChI=1S/C10H20N2O3/c1-9(10(13)14)8-11-2-3-12-4-6-15-7-5-12/h9,11H,2-8H2,1H3,(H,13,14). The molecule has 1 heterocycles. The predicted octanol–water partition coefficient (Wildman–Crippen LogP) is -0.371. The first-order valence-electron chi connectivity index (χ1n) is 5.44. The predicted molar refractivity (Wildman–Crippen MR) is 56.9 cm³/mol. The van der Waals surface area contributed by atoms with Crippen LogP contribution in [0.5, 0.6) is 0 Å². The third kappa shape index (κ3) is 5.11. The number of rotatable bonds is 6. The largest absolute Gasteiger partial charge is 0.481 e. The SMILES string of the molecule is CC(CNCCN1CCOCC1)C(=O)O. The summed E-state index contributed by atoms with van der Waals surface area (Å²) in [5.41, 5.74) is 0. The molecule has 0 aromatic rings. The summed E-state index contributed by atoms with van der Waals surface area (Å²) in [5.74, 6) is -1.05. The lowest BCUT2D eigenvalue weighted by molar-refractivity contribution is -0.140. The van der Waals surface area contributed by atoms with E-state index in [1.54, 1.807) is 6.92 Å². The molecule has 1 atom stereocenters. The van der Waals surface area contributed by atoms with Crippen LogP contribution in [0.25, 0.3) is 0 Å². The van der Waals surface area contributed by atoms with Crippen molar-refractivity contribution in [3.63, 3.8) is 0 Å². The van der Waals surface area contributed by atoms with E-state index in [1.807, 2.05) is 0 Å². The van der Waals surface area contributed by atoms with Gasteiger partial charge in [0.1, 0.15) is 0 Å². The molecule has 1 saturated heterocycles. The fraction of sp³-hybridized carbons (Fsp3) is 0.900. The Bertz CT molecular complexity index is 193. The van der Waals surface area contributed by atoms with Crippen LogP contribution in [0.3, 0.4) is 0 Å². The van der Waals surface area contributed by atoms with Gasteiger partial charge in [0.25, 0.3) is 0 Å². The molecule has 5 nitrogen and oxygen atoms in total. The number of nitrogens with one attached hydrogen (secondary N) is 1. The maximum Gasteiger partial charge on any atom is 0.307 e. The van der Waals surface area contributed by atoms with Gasteiger partial charge in [0.15, 0.2) is 0 Å². The maximum atomic E-state index is 10.5. The molecule has 0 spiro atoms. The van der Waals surface area contributed by atoms with Crippen LogP contribution in [0.2, 0.25) is 0 Å². The van der Waals surface area contributed by atoms with Crippen molar-refractivity contribution in [1.29, 1.82) is 0 Å². The number of carboxylic acid groups (broad SMARTS) is 1. The molecule has 0 aromatic carbocycles. The summed E-state index contributed by atoms with van der Waals surface area (Å²) in [6.07, 6.45) is 0. The number of nitrogens with zero attached hydrogens (tertiary/aromatic N) is 1. The molecule has 1 aliphatic heterocycles. The van der Waals surface area contributed by atoms with E-state index in [9.17, 15) is 4.79 Å². The summed E-state index contributed by atoms with van der Waals surface area (Å²) in [5, 5.41) is 11.8. The molecule has 15 heavy (non-hydrogen) atoms. The number of carbonyl (C=O) groups is 1. The fourth-order valence-corrected chi connectivity index (χ4v) is 1.47. The zero-order valence-corrected chi connectivity index (χ0v) is 9.24. The summed E-state index contributed by atoms with van der Waals surface area (Å²) >= 11 is 0. The molecule has 88 valence electrons. The van der Waals surface area contributed by atoms with Gasteiger partial charge in [-0.2, -0.15) is 0 Å². The summed E-state index contributed by atoms with van der Waals surface area (Å²) in [6, 6.07) is 0. The van der Waals surface area contributed by atoms with Gasteiger partial charge in [0.05, 0.1) is 19.1 Å². The zero-order valence-electron chi connectivity index (χ0n) is 9.24. The van der Waals surface area contributed by atoms with E-state index in [0.717, 1.165) is 39.4 Å². The molecule has 0 saturated carbocycles. The Labute approximate surface area is 90.4 Å². The maximum absolute atomic E-state index is 10.5. The normalized spacial score (nSPS) is 20.1. The molecule has 0 bridgehead atoms. The van der Waals surface area contributed by atoms with Crippen LogP contribution < -0.4 is 5.32 Å². The van der Waals surface area contributed by atoms with E-state index in [0.29, 0.717) is 6.54 Å². The van der Waals surface area contributed by atoms with E-state index < -0.39 is 5.97 Å². The van der Waals surface area contributed by atoms with Gasteiger partial charge < -0.3 is 15.2 Å². The highest BCUT2D eigenvalue weighted by atomic mass is 16.5. The minimum absolute atomic E-state index is 0.310. The molecule has 1 aliphatic rings. The zero-order chi connectivity index (χ0) is 11.1. The quantitative estimate of drug-likeness (QED) is 0.593. The average Bonchev–Trinajstić information content (AvgIpc) is 2.25. The summed E-state index contributed by atoms with van der Waals surface area (Å²) < 4.78 is 5.24. The van der Waals surface area contributed by atoms with Crippen LogP contribution in [0, 0.1) is 5.92 Å². The third-order valence-electron chi connectivity index (χ3n) is 2.58. The second-order valence-corrected chi connectivity index (χ2v) is 3.90. The number of morpholine rings is 1. The highest BCUT2D eigenvalue weighted by Crippen LogP contribution is 1.95. The van der Waals surface area contributed by atoms with E-state index in [2.05, 4.69) is 10.2 Å². The highest BCUT2D eigenvalue weighted by Gasteiger charge is 2.11. The van der Waals surface area contributed by atoms with E-state index in [-0.39, 0.29) is 5.92 Å². The van der Waals surface area contributed by atoms with Crippen molar-refractivity contribution >= 4 is 5.97 Å². The number of hydrogen-bond donors (Lipinski definition) is 2. The van der Waals surface area contributed by atoms with Crippen LogP contribution >= 0.6 is 0 Å². The van der Waals surface area contributed by atoms with Gasteiger partial charge in [0, 0.05) is 32.7 Å². The van der Waals surface area contributed by atoms with Crippen molar-refractivity contribution in [2.24, 2.45) is 5.92 Å². The Morgan fingerprint density at radius 1 is 1.53 bits per heavy atom. The first kappa shape index (κ1) is 12.4. The summed E-state index contributed by atoms with van der Waals surface area (Å²) in [6.45, 7) is 7.65. The minimum atomic E-state index is -0.742. The minimum Gasteiger partial charge on any atom is -0.481 e. The van der Waals surface area contributed by atoms with E-state index >= 15 is 0 Å². The van der Waals surface area contributed by atoms with Gasteiger partial charge in [0.2, 0.25) is 0 Å². The molecular weight excluding hydrogens is 196 g/mol. The topological polar surface area (TPSA) is 61.8 Å². The summed E-state index contributed by atoms with van der Waals surface area (Å²) in [7, 11) is 0. The van der Waals surface area contributed by atoms with Crippen molar-refractivity contribution in [3.05, 3.63) is 0 Å². The Kier molecular flexibility index (Phi) is 5.60. The Morgan fingerprint density at radius 3 is 2.80 bits per heavy atom. The molecule has 0 amide bonds. The van der Waals surface area contributed by atoms with Gasteiger partial charge in [-0.1, -0.05) is 6.92 Å². The highest BCUT2D eigenvalue weighted by molar-refractivity contribution is 5.69. The lowest BCUT2D eigenvalue weighted by Crippen LogP contribution is -2.41. The molecular formula is C10H20N2O3. The number of ether oxygens (including phenoxy) is 1. The Hall–Kier alpha value is -0.650. The van der Waals surface area contributed by atoms with Crippen LogP contribution in [0.1, 0.15) is 6.92 Å². The van der Waals surface area contributed by atoms with Crippen LogP contribution in [-0.4, -0.2) is 61.9 Å². The van der Waals surface area contributed by atoms with Gasteiger partial charge in [-0.15, -0.1) is 0 Å². The van der Waals surface area contributed by atoms with Gasteiger partial charge in [-0.25, -0.2) is 0 Å². The lowest BCUT2D eigenvalue weighted by atomic mass is 10.2. The van der Waals surface area contributed by atoms with Crippen molar-refractivity contribution < 1.29 is 14.6 Å². The smallest absolute Gasteiger partial charge is 0.307 e. The second kappa shape index (κ2) is 6.76. The molecule has 2 N–H and O–H groups in total. The number of hydrogen-bond acceptors (Lipinski definition) is 4. The molecule has 0 radical (unpaired) electrons. The molecule has 5 heteroatoms. The monoisotopic (exact) mass is 216 g/mol. The van der Waals surface area contributed by atoms with Gasteiger partial charge >= 0.3 is 5.97 Å². The van der Waals surface area contributed by atoms with Crippen LogP contribution in [-0.2, 0) is 9.53 Å². The first-order chi connectivity index (χ1) is 7.20. The third-order valence-corrected chi connectivity index (χ3v) is 2.58. The fourth-order valence-electron chi connectivity index (χ4n) is 1.47. The molecule has 0 aliphatic carbocycles. The molecule has 1 fully saturated rings. The average molecular weight is 216 g/mol. The van der Waals surface area contributed by atoms with Crippen molar-refractivity contribution in [1.82, 2.24) is 10.2 Å². The van der Waals surface area contributed by atoms with Crippen molar-refractivity contribution in [2.45, 2.75) is 6.92 Å². The number of aliphatic carboxylic acids is 1. The van der Waals surface area contributed by atoms with E-state index in [4.69, 9.17) is 9.84 Å². The van der Waals surface area contributed by atoms with Crippen LogP contribution in [0.4, 0.5) is 0 Å². The van der Waals surface area contributed by atoms with Crippen molar-refractivity contribution in [2.75, 3.05) is 45.9 Å². The van der Waals surface area contributed by atoms with Gasteiger partial charge in [-0.05, 0) is 0 Å². The first-order valence-corrected chi connectivity index (χ1v) is 5.44. The number of carboxylic acids is 1. The van der Waals surface area contributed by atoms with E-state index in [1.165, 1.54) is 0 Å². The van der Waals surface area contributed by atoms with Gasteiger partial charge in [-0.3, -0.25) is 9.69 Å². The Morgan fingerprint density at radius 2 is 2.20 bits per heavy atom.